The fourth-order valence-electron chi connectivity index (χ4n) is 8.05. The third-order valence-electron chi connectivity index (χ3n) is 10.9. The van der Waals surface area contributed by atoms with Crippen LogP contribution in [0.25, 0.3) is 0 Å². The van der Waals surface area contributed by atoms with Crippen molar-refractivity contribution < 1.29 is 56.4 Å². The molecule has 16 heteroatoms. The van der Waals surface area contributed by atoms with Crippen molar-refractivity contribution in [2.75, 3.05) is 38.3 Å². The molecule has 0 radical (unpaired) electrons. The molecule has 14 nitrogen and oxygen atoms in total. The average Bonchev–Trinajstić information content (AvgIpc) is 3.73. The SMILES string of the molecule is CN(C(=O)OCc1cc[n+](C)cc1)C1=C(/C=C/C2=[N+](CCOP(=O)(O)O)c3ccccc3C2(C)C)CC/C1=C\C=C1\N(CCOP(=O)(O)O)c2ccccc2C1(C)C. The molecule has 308 valence electrons. The number of hydrogen-bond acceptors (Lipinski definition) is 7. The first-order valence-electron chi connectivity index (χ1n) is 19.0. The van der Waals surface area contributed by atoms with Gasteiger partial charge in [-0.3, -0.25) is 13.9 Å². The highest BCUT2D eigenvalue weighted by molar-refractivity contribution is 7.46. The number of benzene rings is 2. The van der Waals surface area contributed by atoms with Crippen molar-refractivity contribution in [3.8, 4) is 0 Å². The van der Waals surface area contributed by atoms with Crippen LogP contribution in [-0.4, -0.2) is 74.2 Å². The van der Waals surface area contributed by atoms with Crippen molar-refractivity contribution in [1.29, 1.82) is 0 Å². The van der Waals surface area contributed by atoms with E-state index in [0.717, 1.165) is 50.6 Å². The summed E-state index contributed by atoms with van der Waals surface area (Å²) in [6.07, 6.45) is 12.5. The summed E-state index contributed by atoms with van der Waals surface area (Å²) in [7, 11) is -5.75. The molecule has 0 saturated heterocycles. The third kappa shape index (κ3) is 9.52. The van der Waals surface area contributed by atoms with Crippen molar-refractivity contribution in [1.82, 2.24) is 4.90 Å². The Balaban J connectivity index is 1.40. The molecule has 3 aliphatic rings. The molecule has 0 unspecified atom stereocenters. The van der Waals surface area contributed by atoms with E-state index in [1.807, 2.05) is 118 Å². The number of anilines is 1. The highest BCUT2D eigenvalue weighted by atomic mass is 31.2. The fourth-order valence-corrected chi connectivity index (χ4v) is 8.69. The number of likely N-dealkylation sites (N-methyl/N-ethyl adjacent to an activating group) is 1. The number of phosphoric acid groups is 2. The second kappa shape index (κ2) is 17.0. The van der Waals surface area contributed by atoms with Gasteiger partial charge < -0.3 is 29.2 Å². The smallest absolute Gasteiger partial charge is 0.444 e. The summed E-state index contributed by atoms with van der Waals surface area (Å²) in [6.45, 7) is 8.49. The maximum Gasteiger partial charge on any atom is 0.469 e. The molecule has 4 N–H and O–H groups in total. The molecule has 58 heavy (non-hydrogen) atoms. The minimum absolute atomic E-state index is 0.0830. The maximum absolute atomic E-state index is 13.8. The van der Waals surface area contributed by atoms with Crippen LogP contribution in [0, 0.1) is 0 Å². The van der Waals surface area contributed by atoms with Gasteiger partial charge in [0, 0.05) is 65.8 Å². The molecule has 2 aliphatic heterocycles. The molecule has 2 aromatic carbocycles. The number of phosphoric ester groups is 2. The van der Waals surface area contributed by atoms with Gasteiger partial charge in [0.15, 0.2) is 24.7 Å². The summed E-state index contributed by atoms with van der Waals surface area (Å²) >= 11 is 0. The number of fused-ring (bicyclic) bond motifs is 2. The van der Waals surface area contributed by atoms with E-state index in [-0.39, 0.29) is 32.9 Å². The molecule has 6 rings (SSSR count). The van der Waals surface area contributed by atoms with Crippen LogP contribution in [0.2, 0.25) is 0 Å². The predicted octanol–water partition coefficient (Wildman–Crippen LogP) is 6.59. The molecule has 3 aromatic rings. The number of carbonyl (C=O) groups is 1. The summed E-state index contributed by atoms with van der Waals surface area (Å²) in [6, 6.07) is 19.6. The Hall–Kier alpha value is -4.49. The Morgan fingerprint density at radius 3 is 2.17 bits per heavy atom. The lowest BCUT2D eigenvalue weighted by atomic mass is 9.81. The monoisotopic (exact) mass is 834 g/mol. The van der Waals surface area contributed by atoms with E-state index in [4.69, 9.17) is 13.8 Å². The number of hydrogen-bond donors (Lipinski definition) is 4. The number of ether oxygens (including phenoxy) is 1. The minimum Gasteiger partial charge on any atom is -0.444 e. The maximum atomic E-state index is 13.8. The number of pyridine rings is 1. The highest BCUT2D eigenvalue weighted by Gasteiger charge is 2.44. The van der Waals surface area contributed by atoms with Gasteiger partial charge in [-0.15, -0.1) is 0 Å². The molecule has 0 bridgehead atoms. The van der Waals surface area contributed by atoms with Crippen molar-refractivity contribution in [2.24, 2.45) is 7.05 Å². The Labute approximate surface area is 339 Å². The molecular formula is C42H52N4O10P2+2. The van der Waals surface area contributed by atoms with Crippen molar-refractivity contribution >= 4 is 38.8 Å². The van der Waals surface area contributed by atoms with E-state index in [1.165, 1.54) is 4.90 Å². The summed E-state index contributed by atoms with van der Waals surface area (Å²) in [5, 5.41) is 0. The minimum atomic E-state index is -4.67. The van der Waals surface area contributed by atoms with Crippen LogP contribution >= 0.6 is 15.6 Å². The van der Waals surface area contributed by atoms with E-state index in [1.54, 1.807) is 7.05 Å². The van der Waals surface area contributed by atoms with Gasteiger partial charge in [0.25, 0.3) is 0 Å². The number of rotatable bonds is 14. The predicted molar refractivity (Wildman–Crippen MR) is 219 cm³/mol. The summed E-state index contributed by atoms with van der Waals surface area (Å²) in [5.74, 6) is 0. The number of allylic oxidation sites excluding steroid dienone is 7. The summed E-state index contributed by atoms with van der Waals surface area (Å²) in [5.41, 5.74) is 8.13. The van der Waals surface area contributed by atoms with Crippen LogP contribution in [0.1, 0.15) is 57.2 Å². The van der Waals surface area contributed by atoms with Crippen molar-refractivity contribution in [3.05, 3.63) is 137 Å². The average molecular weight is 835 g/mol. The lowest BCUT2D eigenvalue weighted by Crippen LogP contribution is -2.29. The third-order valence-corrected chi connectivity index (χ3v) is 12.0. The topological polar surface area (TPSA) is 173 Å². The normalized spacial score (nSPS) is 18.8. The van der Waals surface area contributed by atoms with Gasteiger partial charge in [0.1, 0.15) is 20.3 Å². The Bertz CT molecular complexity index is 2320. The molecule has 0 atom stereocenters. The molecule has 0 fully saturated rings. The van der Waals surface area contributed by atoms with Crippen LogP contribution < -0.4 is 9.47 Å². The summed E-state index contributed by atoms with van der Waals surface area (Å²) < 4.78 is 42.6. The Morgan fingerprint density at radius 2 is 1.48 bits per heavy atom. The van der Waals surface area contributed by atoms with Crippen molar-refractivity contribution in [3.63, 3.8) is 0 Å². The second-order valence-electron chi connectivity index (χ2n) is 15.6. The number of carbonyl (C=O) groups excluding carboxylic acids is 1. The van der Waals surface area contributed by atoms with E-state index in [9.17, 15) is 33.5 Å². The molecular weight excluding hydrogens is 782 g/mol. The second-order valence-corrected chi connectivity index (χ2v) is 18.0. The van der Waals surface area contributed by atoms with Crippen LogP contribution in [0.5, 0.6) is 0 Å². The van der Waals surface area contributed by atoms with Gasteiger partial charge in [-0.25, -0.2) is 18.5 Å². The van der Waals surface area contributed by atoms with Crippen LogP contribution in [0.3, 0.4) is 0 Å². The number of nitrogens with zero attached hydrogens (tertiary/aromatic N) is 4. The molecule has 0 saturated carbocycles. The van der Waals surface area contributed by atoms with Gasteiger partial charge in [-0.2, -0.15) is 4.58 Å². The zero-order valence-electron chi connectivity index (χ0n) is 33.6. The van der Waals surface area contributed by atoms with E-state index in [0.29, 0.717) is 18.5 Å². The standard InChI is InChI=1S/C42H50N4O10P2/c1-41(2)33-11-7-9-13-35(33)45(25-27-55-57(48,49)50)37(41)19-17-31-15-16-32(39(31)44(6)40(47)54-29-30-21-23-43(5)24-22-30)18-20-38-42(3,4)34-12-8-10-14-36(34)46(38)26-28-56-58(51,52)53/h7-14,17-24H,15-16,25-29H2,1-6H3,(H2-2,48,49,50,51,52,53)/p+2. The van der Waals surface area contributed by atoms with Crippen LogP contribution in [0.15, 0.2) is 120 Å². The molecule has 1 aromatic heterocycles. The molecule has 3 heterocycles. The largest absolute Gasteiger partial charge is 0.469 e. The number of aromatic nitrogens is 1. The molecule has 0 spiro atoms. The zero-order valence-corrected chi connectivity index (χ0v) is 35.4. The van der Waals surface area contributed by atoms with Gasteiger partial charge in [-0.1, -0.05) is 62.4 Å². The van der Waals surface area contributed by atoms with Crippen LogP contribution in [-0.2, 0) is 47.4 Å². The van der Waals surface area contributed by atoms with E-state index in [2.05, 4.69) is 27.7 Å². The first-order chi connectivity index (χ1) is 27.3. The lowest BCUT2D eigenvalue weighted by Gasteiger charge is -2.27. The number of amides is 1. The van der Waals surface area contributed by atoms with Gasteiger partial charge in [0.2, 0.25) is 5.69 Å². The quantitative estimate of drug-likeness (QED) is 0.102. The Morgan fingerprint density at radius 1 is 0.845 bits per heavy atom. The molecule has 1 aliphatic carbocycles. The van der Waals surface area contributed by atoms with E-state index < -0.39 is 32.6 Å². The lowest BCUT2D eigenvalue weighted by molar-refractivity contribution is -0.671. The number of aryl methyl sites for hydroxylation is 1. The highest BCUT2D eigenvalue weighted by Crippen LogP contribution is 2.48. The number of para-hydroxylation sites is 2. The zero-order chi connectivity index (χ0) is 42.0. The molecule has 1 amide bonds. The van der Waals surface area contributed by atoms with Gasteiger partial charge in [-0.05, 0) is 55.5 Å². The van der Waals surface area contributed by atoms with Gasteiger partial charge >= 0.3 is 21.7 Å². The van der Waals surface area contributed by atoms with Crippen LogP contribution in [0.4, 0.5) is 16.2 Å². The first-order valence-corrected chi connectivity index (χ1v) is 22.0. The van der Waals surface area contributed by atoms with Crippen molar-refractivity contribution in [2.45, 2.75) is 58.0 Å². The van der Waals surface area contributed by atoms with E-state index >= 15 is 0 Å². The Kier molecular flexibility index (Phi) is 12.6. The van der Waals surface area contributed by atoms with Gasteiger partial charge in [0.05, 0.1) is 17.7 Å². The first kappa shape index (κ1) is 43.1. The fraction of sp³-hybridized carbons (Fsp3) is 0.357. The summed E-state index contributed by atoms with van der Waals surface area (Å²) in [4.78, 5) is 54.9.